The highest BCUT2D eigenvalue weighted by molar-refractivity contribution is 5.79. The van der Waals surface area contributed by atoms with E-state index in [0.29, 0.717) is 58.8 Å². The molecule has 216 valence electrons. The Labute approximate surface area is 219 Å². The molecule has 1 aliphatic heterocycles. The molecule has 0 bridgehead atoms. The Hall–Kier alpha value is -2.61. The largest absolute Gasteiger partial charge is 0.483 e. The lowest BCUT2D eigenvalue weighted by Crippen LogP contribution is -2.51. The van der Waals surface area contributed by atoms with Crippen LogP contribution in [0.1, 0.15) is 47.0 Å². The topological polar surface area (TPSA) is 179 Å². The Balaban J connectivity index is 0. The molecule has 1 heterocycles. The fraction of sp³-hybridized carbons (Fsp3) is 0.792. The number of ketones is 1. The lowest BCUT2D eigenvalue weighted by Gasteiger charge is -2.35. The number of nitrogens with zero attached hydrogens (tertiary/aromatic N) is 4. The van der Waals surface area contributed by atoms with E-state index in [9.17, 15) is 34.5 Å². The van der Waals surface area contributed by atoms with Crippen molar-refractivity contribution in [3.8, 4) is 0 Å². The molecule has 0 aliphatic carbocycles. The van der Waals surface area contributed by atoms with Crippen LogP contribution in [0, 0.1) is 0 Å². The monoisotopic (exact) mass is 534 g/mol. The van der Waals surface area contributed by atoms with Crippen molar-refractivity contribution in [2.24, 2.45) is 0 Å². The molecule has 0 aromatic rings. The van der Waals surface area contributed by atoms with Crippen LogP contribution in [0.25, 0.3) is 0 Å². The van der Waals surface area contributed by atoms with Crippen LogP contribution in [0.4, 0.5) is 0 Å². The van der Waals surface area contributed by atoms with Gasteiger partial charge in [0.1, 0.15) is 11.8 Å². The highest BCUT2D eigenvalue weighted by Gasteiger charge is 2.27. The number of aliphatic carboxylic acids is 3. The van der Waals surface area contributed by atoms with Crippen LogP contribution >= 0.6 is 0 Å². The fourth-order valence-electron chi connectivity index (χ4n) is 3.82. The first-order chi connectivity index (χ1) is 17.6. The first kappa shape index (κ1) is 36.5. The van der Waals surface area contributed by atoms with Crippen molar-refractivity contribution < 1.29 is 44.4 Å². The first-order valence-corrected chi connectivity index (χ1v) is 12.7. The van der Waals surface area contributed by atoms with Crippen LogP contribution in [-0.2, 0) is 24.0 Å². The van der Waals surface area contributed by atoms with Gasteiger partial charge in [-0.05, 0) is 13.0 Å². The Morgan fingerprint density at radius 1 is 0.757 bits per heavy atom. The van der Waals surface area contributed by atoms with Crippen molar-refractivity contribution in [1.82, 2.24) is 19.6 Å². The van der Waals surface area contributed by atoms with Crippen LogP contribution < -0.4 is 0 Å². The molecule has 1 aliphatic rings. The number of carbonyl (C=O) groups is 5. The summed E-state index contributed by atoms with van der Waals surface area (Å²) in [6.45, 7) is 11.6. The average molecular weight is 535 g/mol. The second-order valence-electron chi connectivity index (χ2n) is 8.20. The molecule has 13 heteroatoms. The predicted molar refractivity (Wildman–Crippen MR) is 138 cm³/mol. The summed E-state index contributed by atoms with van der Waals surface area (Å²) in [4.78, 5) is 62.1. The molecule has 1 saturated heterocycles. The van der Waals surface area contributed by atoms with Gasteiger partial charge in [-0.2, -0.15) is 0 Å². The Kier molecular flexibility index (Phi) is 22.3. The summed E-state index contributed by atoms with van der Waals surface area (Å²) < 4.78 is 0. The van der Waals surface area contributed by atoms with Gasteiger partial charge in [0, 0.05) is 65.2 Å². The highest BCUT2D eigenvalue weighted by Crippen LogP contribution is 2.11. The maximum Gasteiger partial charge on any atom is 0.320 e. The van der Waals surface area contributed by atoms with Crippen molar-refractivity contribution in [2.75, 3.05) is 72.0 Å². The molecule has 37 heavy (non-hydrogen) atoms. The quantitative estimate of drug-likeness (QED) is 0.267. The van der Waals surface area contributed by atoms with Gasteiger partial charge < -0.3 is 25.3 Å². The summed E-state index contributed by atoms with van der Waals surface area (Å²) in [5.74, 6) is -2.88. The van der Waals surface area contributed by atoms with Crippen molar-refractivity contribution in [2.45, 2.75) is 53.0 Å². The van der Waals surface area contributed by atoms with Gasteiger partial charge in [-0.3, -0.25) is 38.7 Å². The van der Waals surface area contributed by atoms with E-state index in [0.717, 1.165) is 6.54 Å². The SMILES string of the molecule is CC.CCC(=O)CCC(C(=O)O)N1CCN(CC)CCN(CC(=O)O)CCN(CC(=O)O)CC1.O=CO. The maximum absolute atomic E-state index is 12.0. The van der Waals surface area contributed by atoms with Crippen molar-refractivity contribution in [3.63, 3.8) is 0 Å². The van der Waals surface area contributed by atoms with E-state index in [1.54, 1.807) is 16.7 Å². The zero-order chi connectivity index (χ0) is 28.8. The minimum atomic E-state index is -0.992. The second kappa shape index (κ2) is 22.6. The molecule has 0 aromatic heterocycles. The molecule has 0 spiro atoms. The van der Waals surface area contributed by atoms with E-state index in [1.165, 1.54) is 0 Å². The van der Waals surface area contributed by atoms with Gasteiger partial charge in [-0.25, -0.2) is 0 Å². The lowest BCUT2D eigenvalue weighted by atomic mass is 10.1. The zero-order valence-electron chi connectivity index (χ0n) is 22.7. The van der Waals surface area contributed by atoms with Crippen LogP contribution in [-0.4, -0.2) is 148 Å². The zero-order valence-corrected chi connectivity index (χ0v) is 22.7. The number of hydrogen-bond donors (Lipinski definition) is 4. The first-order valence-electron chi connectivity index (χ1n) is 12.7. The molecule has 0 radical (unpaired) electrons. The van der Waals surface area contributed by atoms with Crippen molar-refractivity contribution in [1.29, 1.82) is 0 Å². The van der Waals surface area contributed by atoms with E-state index in [4.69, 9.17) is 9.90 Å². The molecule has 13 nitrogen and oxygen atoms in total. The molecule has 0 saturated carbocycles. The minimum absolute atomic E-state index is 0.0202. The van der Waals surface area contributed by atoms with Crippen LogP contribution in [0.15, 0.2) is 0 Å². The molecular formula is C24H46N4O9. The van der Waals surface area contributed by atoms with Crippen LogP contribution in [0.2, 0.25) is 0 Å². The molecule has 1 rings (SSSR count). The number of rotatable bonds is 11. The smallest absolute Gasteiger partial charge is 0.320 e. The summed E-state index contributed by atoms with van der Waals surface area (Å²) >= 11 is 0. The summed E-state index contributed by atoms with van der Waals surface area (Å²) in [6, 6.07) is -0.817. The van der Waals surface area contributed by atoms with Gasteiger partial charge in [-0.15, -0.1) is 0 Å². The highest BCUT2D eigenvalue weighted by atomic mass is 16.4. The molecule has 4 N–H and O–H groups in total. The Morgan fingerprint density at radius 3 is 1.49 bits per heavy atom. The van der Waals surface area contributed by atoms with Gasteiger partial charge in [0.2, 0.25) is 0 Å². The van der Waals surface area contributed by atoms with Crippen LogP contribution in [0.5, 0.6) is 0 Å². The lowest BCUT2D eigenvalue weighted by molar-refractivity contribution is -0.144. The Morgan fingerprint density at radius 2 is 1.14 bits per heavy atom. The predicted octanol–water partition coefficient (Wildman–Crippen LogP) is 0.337. The fourth-order valence-corrected chi connectivity index (χ4v) is 3.82. The van der Waals surface area contributed by atoms with Crippen molar-refractivity contribution >= 4 is 30.2 Å². The molecular weight excluding hydrogens is 488 g/mol. The normalized spacial score (nSPS) is 17.4. The second-order valence-corrected chi connectivity index (χ2v) is 8.20. The average Bonchev–Trinajstić information content (AvgIpc) is 2.84. The van der Waals surface area contributed by atoms with Gasteiger partial charge in [0.05, 0.1) is 13.1 Å². The van der Waals surface area contributed by atoms with E-state index in [-0.39, 0.29) is 38.2 Å². The summed E-state index contributed by atoms with van der Waals surface area (Å²) in [7, 11) is 0. The molecule has 1 atom stereocenters. The van der Waals surface area contributed by atoms with Gasteiger partial charge in [0.25, 0.3) is 6.47 Å². The Bertz CT molecular complexity index is 679. The van der Waals surface area contributed by atoms with Gasteiger partial charge in [-0.1, -0.05) is 27.7 Å². The molecule has 1 unspecified atom stereocenters. The van der Waals surface area contributed by atoms with Crippen molar-refractivity contribution in [3.05, 3.63) is 0 Å². The number of carboxylic acid groups (broad SMARTS) is 4. The molecule has 0 aromatic carbocycles. The van der Waals surface area contributed by atoms with E-state index >= 15 is 0 Å². The summed E-state index contributed by atoms with van der Waals surface area (Å²) in [5.41, 5.74) is 0. The van der Waals surface area contributed by atoms with Crippen LogP contribution in [0.3, 0.4) is 0 Å². The number of carboxylic acids is 3. The molecule has 1 fully saturated rings. The van der Waals surface area contributed by atoms with Gasteiger partial charge >= 0.3 is 17.9 Å². The van der Waals surface area contributed by atoms with Gasteiger partial charge in [0.15, 0.2) is 0 Å². The third-order valence-electron chi connectivity index (χ3n) is 5.85. The molecule has 0 amide bonds. The van der Waals surface area contributed by atoms with E-state index < -0.39 is 23.9 Å². The van der Waals surface area contributed by atoms with E-state index in [1.807, 2.05) is 25.7 Å². The minimum Gasteiger partial charge on any atom is -0.483 e. The third-order valence-corrected chi connectivity index (χ3v) is 5.85. The standard InChI is InChI=1S/C21H38N4O7.C2H6.CH2O2/c1-3-17(26)5-6-18(21(31)32)25-13-11-22(4-2)7-8-23(15-19(27)28)9-10-24(12-14-25)16-20(29)30;1-2;2-1-3/h18H,3-16H2,1-2H3,(H,27,28)(H,29,30)(H,31,32);1-2H3;1H,(H,2,3). The summed E-state index contributed by atoms with van der Waals surface area (Å²) in [5, 5.41) is 35.2. The number of Topliss-reactive ketones (excluding diaryl/α,β-unsaturated/α-hetero) is 1. The number of carbonyl (C=O) groups excluding carboxylic acids is 1. The third kappa shape index (κ3) is 18.3. The maximum atomic E-state index is 12.0. The summed E-state index contributed by atoms with van der Waals surface area (Å²) in [6.07, 6.45) is 0.791. The number of hydrogen-bond acceptors (Lipinski definition) is 9. The number of likely N-dealkylation sites (N-methyl/N-ethyl adjacent to an activating group) is 1. The van der Waals surface area contributed by atoms with E-state index in [2.05, 4.69) is 4.90 Å².